The van der Waals surface area contributed by atoms with Crippen molar-refractivity contribution in [3.8, 4) is 0 Å². The summed E-state index contributed by atoms with van der Waals surface area (Å²) in [5, 5.41) is 2.85. The molecule has 0 heterocycles. The van der Waals surface area contributed by atoms with Crippen molar-refractivity contribution in [3.05, 3.63) is 59.7 Å². The lowest BCUT2D eigenvalue weighted by atomic mass is 10.1. The van der Waals surface area contributed by atoms with E-state index < -0.39 is 0 Å². The summed E-state index contributed by atoms with van der Waals surface area (Å²) < 4.78 is 4.88. The minimum atomic E-state index is -0.228. The first kappa shape index (κ1) is 17.1. The van der Waals surface area contributed by atoms with Crippen LogP contribution in [0.25, 0.3) is 0 Å². The second-order valence-electron chi connectivity index (χ2n) is 4.94. The highest BCUT2D eigenvalue weighted by molar-refractivity contribution is 8.00. The third-order valence-corrected chi connectivity index (χ3v) is 4.07. The van der Waals surface area contributed by atoms with Gasteiger partial charge in [0.1, 0.15) is 0 Å². The Morgan fingerprint density at radius 2 is 1.70 bits per heavy atom. The summed E-state index contributed by atoms with van der Waals surface area (Å²) in [5.74, 6) is -0.0886. The second kappa shape index (κ2) is 8.39. The predicted molar refractivity (Wildman–Crippen MR) is 92.9 cm³/mol. The van der Waals surface area contributed by atoms with Crippen LogP contribution in [0.1, 0.15) is 22.8 Å². The van der Waals surface area contributed by atoms with E-state index in [-0.39, 0.29) is 17.6 Å². The number of carbonyl (C=O) groups is 2. The van der Waals surface area contributed by atoms with Crippen LogP contribution >= 0.6 is 11.8 Å². The van der Waals surface area contributed by atoms with Gasteiger partial charge in [0.25, 0.3) is 5.91 Å². The van der Waals surface area contributed by atoms with Gasteiger partial charge in [-0.05, 0) is 50.2 Å². The molecule has 0 saturated heterocycles. The van der Waals surface area contributed by atoms with E-state index in [1.54, 1.807) is 19.1 Å². The number of hydrogen-bond acceptors (Lipinski definition) is 4. The summed E-state index contributed by atoms with van der Waals surface area (Å²) in [6.07, 6.45) is 0. The molecule has 120 valence electrons. The van der Waals surface area contributed by atoms with Crippen LogP contribution in [0.4, 0.5) is 5.69 Å². The minimum absolute atomic E-state index is 0.142. The molecule has 4 nitrogen and oxygen atoms in total. The Bertz CT molecular complexity index is 666. The first-order chi connectivity index (χ1) is 11.1. The topological polar surface area (TPSA) is 55.4 Å². The zero-order valence-corrected chi connectivity index (χ0v) is 14.0. The molecule has 2 aromatic carbocycles. The lowest BCUT2D eigenvalue weighted by Gasteiger charge is -2.07. The van der Waals surface area contributed by atoms with Crippen LogP contribution in [0.15, 0.2) is 53.4 Å². The third-order valence-electron chi connectivity index (χ3n) is 3.09. The molecule has 0 aliphatic heterocycles. The number of benzene rings is 2. The number of ether oxygens (including phenoxy) is 1. The Kier molecular flexibility index (Phi) is 6.23. The molecule has 0 atom stereocenters. The second-order valence-corrected chi connectivity index (χ2v) is 5.99. The van der Waals surface area contributed by atoms with Gasteiger partial charge in [0.15, 0.2) is 0 Å². The van der Waals surface area contributed by atoms with E-state index in [1.807, 2.05) is 43.3 Å². The van der Waals surface area contributed by atoms with E-state index in [0.29, 0.717) is 12.2 Å². The van der Waals surface area contributed by atoms with Crippen molar-refractivity contribution in [2.24, 2.45) is 0 Å². The van der Waals surface area contributed by atoms with Crippen LogP contribution in [0, 0.1) is 6.92 Å². The van der Waals surface area contributed by atoms with Crippen molar-refractivity contribution < 1.29 is 14.3 Å². The summed E-state index contributed by atoms with van der Waals surface area (Å²) in [5.41, 5.74) is 2.46. The largest absolute Gasteiger partial charge is 0.465 e. The summed E-state index contributed by atoms with van der Waals surface area (Å²) in [4.78, 5) is 24.4. The van der Waals surface area contributed by atoms with Crippen molar-refractivity contribution in [2.75, 3.05) is 17.7 Å². The number of nitrogens with one attached hydrogen (secondary N) is 1. The van der Waals surface area contributed by atoms with Gasteiger partial charge >= 0.3 is 5.97 Å². The van der Waals surface area contributed by atoms with Crippen LogP contribution in [-0.2, 0) is 9.53 Å². The van der Waals surface area contributed by atoms with Gasteiger partial charge in [0.05, 0.1) is 12.4 Å². The Hall–Kier alpha value is -2.27. The Morgan fingerprint density at radius 3 is 2.30 bits per heavy atom. The van der Waals surface area contributed by atoms with Crippen molar-refractivity contribution >= 4 is 29.3 Å². The summed E-state index contributed by atoms with van der Waals surface area (Å²) >= 11 is 1.41. The maximum absolute atomic E-state index is 12.1. The van der Waals surface area contributed by atoms with E-state index in [1.165, 1.54) is 11.8 Å². The molecule has 0 radical (unpaired) electrons. The summed E-state index contributed by atoms with van der Waals surface area (Å²) in [7, 11) is 0. The van der Waals surface area contributed by atoms with Crippen LogP contribution in [0.5, 0.6) is 0 Å². The molecular weight excluding hydrogens is 310 g/mol. The molecule has 0 saturated carbocycles. The normalized spacial score (nSPS) is 10.2. The summed E-state index contributed by atoms with van der Waals surface area (Å²) in [6.45, 7) is 4.16. The standard InChI is InChI=1S/C18H19NO3S/c1-3-22-17(20)12-23-16-10-8-15(9-11-16)19-18(21)14-6-4-13(2)5-7-14/h4-11H,3,12H2,1-2H3,(H,19,21). The molecule has 5 heteroatoms. The molecule has 1 N–H and O–H groups in total. The number of hydrogen-bond donors (Lipinski definition) is 1. The van der Waals surface area contributed by atoms with Crippen LogP contribution in [0.3, 0.4) is 0 Å². The number of aryl methyl sites for hydroxylation is 1. The fourth-order valence-corrected chi connectivity index (χ4v) is 2.58. The summed E-state index contributed by atoms with van der Waals surface area (Å²) in [6, 6.07) is 14.8. The van der Waals surface area contributed by atoms with Gasteiger partial charge in [0, 0.05) is 16.1 Å². The average molecular weight is 329 g/mol. The van der Waals surface area contributed by atoms with Crippen LogP contribution in [-0.4, -0.2) is 24.2 Å². The van der Waals surface area contributed by atoms with Crippen molar-refractivity contribution in [1.29, 1.82) is 0 Å². The maximum Gasteiger partial charge on any atom is 0.316 e. The number of carbonyl (C=O) groups excluding carboxylic acids is 2. The van der Waals surface area contributed by atoms with Gasteiger partial charge in [0.2, 0.25) is 0 Å². The number of esters is 1. The number of thioether (sulfide) groups is 1. The van der Waals surface area contributed by atoms with Crippen LogP contribution < -0.4 is 5.32 Å². The van der Waals surface area contributed by atoms with E-state index in [9.17, 15) is 9.59 Å². The quantitative estimate of drug-likeness (QED) is 0.645. The van der Waals surface area contributed by atoms with E-state index in [0.717, 1.165) is 16.1 Å². The molecule has 0 unspecified atom stereocenters. The van der Waals surface area contributed by atoms with Gasteiger partial charge < -0.3 is 10.1 Å². The molecule has 0 spiro atoms. The molecule has 0 fully saturated rings. The lowest BCUT2D eigenvalue weighted by molar-refractivity contribution is -0.139. The zero-order chi connectivity index (χ0) is 16.7. The number of amides is 1. The highest BCUT2D eigenvalue weighted by Gasteiger charge is 2.06. The molecule has 0 aromatic heterocycles. The van der Waals surface area contributed by atoms with Gasteiger partial charge in [-0.15, -0.1) is 11.8 Å². The molecule has 0 aliphatic carbocycles. The van der Waals surface area contributed by atoms with Crippen molar-refractivity contribution in [2.45, 2.75) is 18.7 Å². The highest BCUT2D eigenvalue weighted by Crippen LogP contribution is 2.21. The highest BCUT2D eigenvalue weighted by atomic mass is 32.2. The van der Waals surface area contributed by atoms with Gasteiger partial charge in [-0.3, -0.25) is 9.59 Å². The molecule has 0 bridgehead atoms. The van der Waals surface area contributed by atoms with Crippen molar-refractivity contribution in [3.63, 3.8) is 0 Å². The van der Waals surface area contributed by atoms with Crippen LogP contribution in [0.2, 0.25) is 0 Å². The van der Waals surface area contributed by atoms with Crippen molar-refractivity contribution in [1.82, 2.24) is 0 Å². The smallest absolute Gasteiger partial charge is 0.316 e. The Morgan fingerprint density at radius 1 is 1.04 bits per heavy atom. The Balaban J connectivity index is 1.90. The molecule has 0 aliphatic rings. The first-order valence-electron chi connectivity index (χ1n) is 7.35. The maximum atomic E-state index is 12.1. The number of rotatable bonds is 6. The fraction of sp³-hybridized carbons (Fsp3) is 0.222. The molecule has 2 rings (SSSR count). The molecular formula is C18H19NO3S. The lowest BCUT2D eigenvalue weighted by Crippen LogP contribution is -2.11. The molecule has 1 amide bonds. The number of anilines is 1. The third kappa shape index (κ3) is 5.45. The average Bonchev–Trinajstić information content (AvgIpc) is 2.55. The zero-order valence-electron chi connectivity index (χ0n) is 13.2. The molecule has 2 aromatic rings. The fourth-order valence-electron chi connectivity index (χ4n) is 1.89. The minimum Gasteiger partial charge on any atom is -0.465 e. The predicted octanol–water partition coefficient (Wildman–Crippen LogP) is 3.90. The Labute approximate surface area is 140 Å². The van der Waals surface area contributed by atoms with Gasteiger partial charge in [-0.1, -0.05) is 17.7 Å². The van der Waals surface area contributed by atoms with E-state index in [4.69, 9.17) is 4.74 Å². The monoisotopic (exact) mass is 329 g/mol. The first-order valence-corrected chi connectivity index (χ1v) is 8.33. The SMILES string of the molecule is CCOC(=O)CSc1ccc(NC(=O)c2ccc(C)cc2)cc1. The van der Waals surface area contributed by atoms with Gasteiger partial charge in [-0.25, -0.2) is 0 Å². The van der Waals surface area contributed by atoms with Gasteiger partial charge in [-0.2, -0.15) is 0 Å². The van der Waals surface area contributed by atoms with E-state index >= 15 is 0 Å². The van der Waals surface area contributed by atoms with E-state index in [2.05, 4.69) is 5.32 Å². The molecule has 23 heavy (non-hydrogen) atoms.